The van der Waals surface area contributed by atoms with Crippen LogP contribution in [-0.2, 0) is 0 Å². The summed E-state index contributed by atoms with van der Waals surface area (Å²) < 4.78 is 0. The number of aryl methyl sites for hydroxylation is 2. The Kier molecular flexibility index (Phi) is 7.50. The molecule has 0 aliphatic heterocycles. The molecular weight excluding hydrogens is 278 g/mol. The van der Waals surface area contributed by atoms with Crippen LogP contribution in [0.1, 0.15) is 37.0 Å². The molecule has 23 heavy (non-hydrogen) atoms. The number of allylic oxidation sites excluding steroid dienone is 4. The molecule has 0 bridgehead atoms. The highest BCUT2D eigenvalue weighted by molar-refractivity contribution is 5.76. The van der Waals surface area contributed by atoms with Crippen LogP contribution in [0, 0.1) is 13.8 Å². The van der Waals surface area contributed by atoms with Gasteiger partial charge in [-0.05, 0) is 61.1 Å². The molecule has 1 aromatic carbocycles. The lowest BCUT2D eigenvalue weighted by atomic mass is 9.93. The lowest BCUT2D eigenvalue weighted by Gasteiger charge is -2.16. The number of benzene rings is 1. The van der Waals surface area contributed by atoms with Crippen LogP contribution in [0.15, 0.2) is 72.9 Å². The topological polar surface area (TPSA) is 26.0 Å². The van der Waals surface area contributed by atoms with Gasteiger partial charge >= 0.3 is 0 Å². The summed E-state index contributed by atoms with van der Waals surface area (Å²) in [6.45, 7) is 16.4. The van der Waals surface area contributed by atoms with E-state index in [0.29, 0.717) is 0 Å². The average Bonchev–Trinajstić information content (AvgIpc) is 2.54. The van der Waals surface area contributed by atoms with Crippen LogP contribution < -0.4 is 5.73 Å². The van der Waals surface area contributed by atoms with Crippen molar-refractivity contribution >= 4 is 5.57 Å². The average molecular weight is 307 g/mol. The molecule has 2 N–H and O–H groups in total. The number of nitrogens with two attached hydrogens (primary N) is 1. The first-order chi connectivity index (χ1) is 10.9. The second-order valence-corrected chi connectivity index (χ2v) is 5.77. The van der Waals surface area contributed by atoms with Crippen molar-refractivity contribution in [1.82, 2.24) is 0 Å². The molecule has 0 spiro atoms. The third kappa shape index (κ3) is 5.22. The molecule has 0 aromatic heterocycles. The van der Waals surface area contributed by atoms with Gasteiger partial charge in [-0.2, -0.15) is 0 Å². The SMILES string of the molecule is C=C/C(=C\C)C(N)C(/C=C\CC)=C/C(=C)c1cc(C)ccc1C. The van der Waals surface area contributed by atoms with Crippen LogP contribution in [0.25, 0.3) is 5.57 Å². The maximum Gasteiger partial charge on any atom is 0.0548 e. The summed E-state index contributed by atoms with van der Waals surface area (Å²) in [5.41, 5.74) is 13.1. The smallest absolute Gasteiger partial charge is 0.0548 e. The third-order valence-corrected chi connectivity index (χ3v) is 3.91. The molecule has 122 valence electrons. The van der Waals surface area contributed by atoms with E-state index in [1.165, 1.54) is 16.7 Å². The molecule has 0 saturated heterocycles. The van der Waals surface area contributed by atoms with Crippen LogP contribution in [0.5, 0.6) is 0 Å². The lowest BCUT2D eigenvalue weighted by molar-refractivity contribution is 0.932. The van der Waals surface area contributed by atoms with Gasteiger partial charge in [0.2, 0.25) is 0 Å². The van der Waals surface area contributed by atoms with Gasteiger partial charge in [-0.3, -0.25) is 0 Å². The molecule has 1 nitrogen and oxygen atoms in total. The highest BCUT2D eigenvalue weighted by Crippen LogP contribution is 2.23. The number of hydrogen-bond acceptors (Lipinski definition) is 1. The molecule has 1 heteroatoms. The minimum atomic E-state index is -0.192. The molecule has 0 aliphatic rings. The van der Waals surface area contributed by atoms with E-state index >= 15 is 0 Å². The van der Waals surface area contributed by atoms with Gasteiger partial charge in [0.05, 0.1) is 6.04 Å². The Morgan fingerprint density at radius 3 is 2.52 bits per heavy atom. The van der Waals surface area contributed by atoms with Crippen LogP contribution >= 0.6 is 0 Å². The second-order valence-electron chi connectivity index (χ2n) is 5.77. The minimum Gasteiger partial charge on any atom is -0.320 e. The van der Waals surface area contributed by atoms with E-state index in [0.717, 1.165) is 23.1 Å². The monoisotopic (exact) mass is 307 g/mol. The summed E-state index contributed by atoms with van der Waals surface area (Å²) in [5, 5.41) is 0. The first kappa shape index (κ1) is 18.9. The molecule has 0 amide bonds. The molecule has 1 aromatic rings. The van der Waals surface area contributed by atoms with Crippen molar-refractivity contribution in [3.63, 3.8) is 0 Å². The summed E-state index contributed by atoms with van der Waals surface area (Å²) in [6.07, 6.45) is 11.1. The van der Waals surface area contributed by atoms with Gasteiger partial charge in [-0.15, -0.1) is 0 Å². The zero-order chi connectivity index (χ0) is 17.4. The van der Waals surface area contributed by atoms with Crippen LogP contribution in [-0.4, -0.2) is 6.04 Å². The van der Waals surface area contributed by atoms with E-state index in [1.54, 1.807) is 0 Å². The predicted molar refractivity (Wildman–Crippen MR) is 104 cm³/mol. The van der Waals surface area contributed by atoms with Crippen molar-refractivity contribution in [2.45, 2.75) is 40.2 Å². The van der Waals surface area contributed by atoms with E-state index < -0.39 is 0 Å². The van der Waals surface area contributed by atoms with Crippen LogP contribution in [0.4, 0.5) is 0 Å². The Morgan fingerprint density at radius 1 is 1.26 bits per heavy atom. The Bertz CT molecular complexity index is 657. The zero-order valence-electron chi connectivity index (χ0n) is 14.9. The van der Waals surface area contributed by atoms with Gasteiger partial charge < -0.3 is 5.73 Å². The van der Waals surface area contributed by atoms with Gasteiger partial charge in [0.1, 0.15) is 0 Å². The Balaban J connectivity index is 3.28. The van der Waals surface area contributed by atoms with Crippen molar-refractivity contribution < 1.29 is 0 Å². The van der Waals surface area contributed by atoms with Crippen LogP contribution in [0.3, 0.4) is 0 Å². The van der Waals surface area contributed by atoms with E-state index in [4.69, 9.17) is 5.73 Å². The second kappa shape index (κ2) is 9.12. The van der Waals surface area contributed by atoms with Crippen molar-refractivity contribution in [2.75, 3.05) is 0 Å². The quantitative estimate of drug-likeness (QED) is 0.645. The summed E-state index contributed by atoms with van der Waals surface area (Å²) in [5.74, 6) is 0. The fraction of sp³-hybridized carbons (Fsp3) is 0.273. The normalized spacial score (nSPS) is 14.1. The molecular formula is C22H29N. The van der Waals surface area contributed by atoms with Gasteiger partial charge in [-0.1, -0.05) is 68.1 Å². The first-order valence-electron chi connectivity index (χ1n) is 8.13. The molecule has 0 heterocycles. The summed E-state index contributed by atoms with van der Waals surface area (Å²) in [7, 11) is 0. The fourth-order valence-corrected chi connectivity index (χ4v) is 2.47. The van der Waals surface area contributed by atoms with Crippen molar-refractivity contribution in [2.24, 2.45) is 5.73 Å². The maximum absolute atomic E-state index is 6.42. The molecule has 0 aliphatic carbocycles. The van der Waals surface area contributed by atoms with Crippen molar-refractivity contribution in [3.05, 3.63) is 89.6 Å². The molecule has 1 unspecified atom stereocenters. The van der Waals surface area contributed by atoms with E-state index in [-0.39, 0.29) is 6.04 Å². The molecule has 1 rings (SSSR count). The summed E-state index contributed by atoms with van der Waals surface area (Å²) >= 11 is 0. The molecule has 0 radical (unpaired) electrons. The van der Waals surface area contributed by atoms with E-state index in [9.17, 15) is 0 Å². The standard InChI is InChI=1S/C22H29N/c1-7-10-11-20(22(23)19(8-2)9-3)15-18(6)21-14-16(4)12-13-17(21)5/h8-15,22H,2,6-7,23H2,1,3-5H3/b11-10-,19-9+,20-15+. The van der Waals surface area contributed by atoms with Crippen molar-refractivity contribution in [3.8, 4) is 0 Å². The van der Waals surface area contributed by atoms with Gasteiger partial charge in [0.15, 0.2) is 0 Å². The third-order valence-electron chi connectivity index (χ3n) is 3.91. The maximum atomic E-state index is 6.42. The summed E-state index contributed by atoms with van der Waals surface area (Å²) in [4.78, 5) is 0. The van der Waals surface area contributed by atoms with Gasteiger partial charge in [-0.25, -0.2) is 0 Å². The number of rotatable bonds is 7. The minimum absolute atomic E-state index is 0.192. The summed E-state index contributed by atoms with van der Waals surface area (Å²) in [6, 6.07) is 6.23. The molecule has 1 atom stereocenters. The molecule has 0 fully saturated rings. The van der Waals surface area contributed by atoms with Crippen LogP contribution in [0.2, 0.25) is 0 Å². The molecule has 0 saturated carbocycles. The lowest BCUT2D eigenvalue weighted by Crippen LogP contribution is -2.23. The van der Waals surface area contributed by atoms with E-state index in [2.05, 4.69) is 70.4 Å². The first-order valence-corrected chi connectivity index (χ1v) is 8.13. The Morgan fingerprint density at radius 2 is 1.96 bits per heavy atom. The number of hydrogen-bond donors (Lipinski definition) is 1. The predicted octanol–water partition coefficient (Wildman–Crippen LogP) is 5.67. The van der Waals surface area contributed by atoms with Crippen molar-refractivity contribution in [1.29, 1.82) is 0 Å². The van der Waals surface area contributed by atoms with Gasteiger partial charge in [0, 0.05) is 0 Å². The van der Waals surface area contributed by atoms with E-state index in [1.807, 2.05) is 19.1 Å². The Hall–Kier alpha value is -2.12. The fourth-order valence-electron chi connectivity index (χ4n) is 2.47. The largest absolute Gasteiger partial charge is 0.320 e. The zero-order valence-corrected chi connectivity index (χ0v) is 14.9. The van der Waals surface area contributed by atoms with Gasteiger partial charge in [0.25, 0.3) is 0 Å². The highest BCUT2D eigenvalue weighted by atomic mass is 14.6. The highest BCUT2D eigenvalue weighted by Gasteiger charge is 2.11. The Labute approximate surface area is 141 Å².